The molecule has 7 heteroatoms. The summed E-state index contributed by atoms with van der Waals surface area (Å²) >= 11 is 3.20. The van der Waals surface area contributed by atoms with Crippen LogP contribution in [0.3, 0.4) is 0 Å². The van der Waals surface area contributed by atoms with Crippen LogP contribution in [-0.2, 0) is 4.79 Å². The number of carbonyl (C=O) groups is 1. The van der Waals surface area contributed by atoms with Crippen LogP contribution in [0.1, 0.15) is 32.1 Å². The fourth-order valence-corrected chi connectivity index (χ4v) is 3.90. The zero-order valence-electron chi connectivity index (χ0n) is 13.6. The summed E-state index contributed by atoms with van der Waals surface area (Å²) in [5.41, 5.74) is 0. The van der Waals surface area contributed by atoms with E-state index in [1.807, 2.05) is 11.9 Å². The molecule has 2 unspecified atom stereocenters. The normalized spacial score (nSPS) is 25.0. The van der Waals surface area contributed by atoms with E-state index in [0.29, 0.717) is 22.6 Å². The highest BCUT2D eigenvalue weighted by atomic mass is 79.9. The first-order valence-electron chi connectivity index (χ1n) is 8.12. The highest BCUT2D eigenvalue weighted by Crippen LogP contribution is 2.29. The Morgan fingerprint density at radius 1 is 1.38 bits per heavy atom. The van der Waals surface area contributed by atoms with Crippen molar-refractivity contribution < 1.29 is 13.9 Å². The number of hydrogen-bond acceptors (Lipinski definition) is 3. The van der Waals surface area contributed by atoms with Gasteiger partial charge in [0.15, 0.2) is 11.6 Å². The molecule has 2 heterocycles. The van der Waals surface area contributed by atoms with Gasteiger partial charge in [0.25, 0.3) is 0 Å². The van der Waals surface area contributed by atoms with Crippen LogP contribution in [0.5, 0.6) is 5.75 Å². The van der Waals surface area contributed by atoms with Crippen LogP contribution in [0.2, 0.25) is 0 Å². The van der Waals surface area contributed by atoms with E-state index in [4.69, 9.17) is 4.74 Å². The zero-order chi connectivity index (χ0) is 16.4. The number of rotatable bonds is 5. The van der Waals surface area contributed by atoms with Gasteiger partial charge in [0.05, 0.1) is 13.0 Å². The molecule has 1 aromatic rings. The predicted molar refractivity (Wildman–Crippen MR) is 97.2 cm³/mol. The van der Waals surface area contributed by atoms with Crippen LogP contribution in [0.4, 0.5) is 4.39 Å². The molecule has 0 saturated carbocycles. The maximum absolute atomic E-state index is 13.7. The molecule has 2 bridgehead atoms. The topological polar surface area (TPSA) is 41.6 Å². The number of nitrogens with zero attached hydrogens (tertiary/aromatic N) is 1. The molecular weight excluding hydrogens is 399 g/mol. The fraction of sp³-hybridized carbons (Fsp3) is 0.588. The van der Waals surface area contributed by atoms with E-state index in [2.05, 4.69) is 21.2 Å². The average Bonchev–Trinajstić information content (AvgIpc) is 2.86. The van der Waals surface area contributed by atoms with E-state index in [-0.39, 0.29) is 37.1 Å². The van der Waals surface area contributed by atoms with Gasteiger partial charge < -0.3 is 15.0 Å². The van der Waals surface area contributed by atoms with Gasteiger partial charge in [-0.3, -0.25) is 4.79 Å². The molecule has 0 radical (unpaired) electrons. The molecule has 0 spiro atoms. The lowest BCUT2D eigenvalue weighted by atomic mass is 9.98. The van der Waals surface area contributed by atoms with Gasteiger partial charge in [-0.05, 0) is 43.9 Å². The summed E-state index contributed by atoms with van der Waals surface area (Å²) in [7, 11) is 1.87. The second kappa shape index (κ2) is 8.50. The Hall–Kier alpha value is -0.850. The summed E-state index contributed by atoms with van der Waals surface area (Å²) in [5, 5.41) is 3.58. The van der Waals surface area contributed by atoms with Crippen molar-refractivity contribution in [2.75, 3.05) is 13.7 Å². The number of ether oxygens (including phenoxy) is 1. The lowest BCUT2D eigenvalue weighted by Crippen LogP contribution is -2.48. The standard InChI is InChI=1S/C17H22BrFN2O2.ClH/c1-21(14-9-12-3-4-13(10-14)20-12)17(22)6-7-23-16-5-2-11(18)8-15(16)19;/h2,5,8,12-14,20H,3-4,6-7,9-10H2,1H3;1H. The minimum atomic E-state index is -0.421. The molecule has 1 aromatic carbocycles. The van der Waals surface area contributed by atoms with Crippen molar-refractivity contribution in [1.82, 2.24) is 10.2 Å². The van der Waals surface area contributed by atoms with Gasteiger partial charge in [0.2, 0.25) is 5.91 Å². The molecule has 1 N–H and O–H groups in total. The van der Waals surface area contributed by atoms with Crippen molar-refractivity contribution in [1.29, 1.82) is 0 Å². The molecule has 2 atom stereocenters. The SMILES string of the molecule is CN(C(=O)CCOc1ccc(Br)cc1F)C1CC2CCC(C1)N2.Cl. The molecule has 3 rings (SSSR count). The van der Waals surface area contributed by atoms with Crippen molar-refractivity contribution in [2.24, 2.45) is 0 Å². The molecule has 2 aliphatic rings. The zero-order valence-corrected chi connectivity index (χ0v) is 16.0. The summed E-state index contributed by atoms with van der Waals surface area (Å²) < 4.78 is 19.7. The lowest BCUT2D eigenvalue weighted by molar-refractivity contribution is -0.133. The Balaban J connectivity index is 0.00000208. The van der Waals surface area contributed by atoms with E-state index < -0.39 is 5.82 Å². The Kier molecular flexibility index (Phi) is 6.89. The van der Waals surface area contributed by atoms with Crippen LogP contribution in [0, 0.1) is 5.82 Å². The molecule has 24 heavy (non-hydrogen) atoms. The van der Waals surface area contributed by atoms with Gasteiger partial charge in [-0.1, -0.05) is 15.9 Å². The number of hydrogen-bond donors (Lipinski definition) is 1. The second-order valence-corrected chi connectivity index (χ2v) is 7.36. The van der Waals surface area contributed by atoms with Crippen LogP contribution >= 0.6 is 28.3 Å². The maximum Gasteiger partial charge on any atom is 0.225 e. The van der Waals surface area contributed by atoms with Crippen molar-refractivity contribution in [2.45, 2.75) is 50.2 Å². The smallest absolute Gasteiger partial charge is 0.225 e. The average molecular weight is 422 g/mol. The largest absolute Gasteiger partial charge is 0.490 e. The van der Waals surface area contributed by atoms with E-state index in [1.165, 1.54) is 18.9 Å². The molecule has 2 saturated heterocycles. The van der Waals surface area contributed by atoms with Crippen LogP contribution in [0.25, 0.3) is 0 Å². The fourth-order valence-electron chi connectivity index (χ4n) is 3.56. The minimum absolute atomic E-state index is 0. The number of halogens is 3. The van der Waals surface area contributed by atoms with Gasteiger partial charge in [0.1, 0.15) is 0 Å². The number of piperidine rings is 1. The Labute approximate surface area is 156 Å². The summed E-state index contributed by atoms with van der Waals surface area (Å²) in [6.45, 7) is 0.194. The third kappa shape index (κ3) is 4.61. The lowest BCUT2D eigenvalue weighted by Gasteiger charge is -2.35. The molecule has 0 aliphatic carbocycles. The summed E-state index contributed by atoms with van der Waals surface area (Å²) in [5.74, 6) is -0.174. The molecule has 1 amide bonds. The summed E-state index contributed by atoms with van der Waals surface area (Å²) in [4.78, 5) is 14.2. The van der Waals surface area contributed by atoms with Gasteiger partial charge >= 0.3 is 0 Å². The molecule has 2 aliphatic heterocycles. The molecular formula is C17H23BrClFN2O2. The van der Waals surface area contributed by atoms with E-state index >= 15 is 0 Å². The number of benzene rings is 1. The van der Waals surface area contributed by atoms with Crippen molar-refractivity contribution >= 4 is 34.2 Å². The van der Waals surface area contributed by atoms with Crippen LogP contribution < -0.4 is 10.1 Å². The van der Waals surface area contributed by atoms with E-state index in [9.17, 15) is 9.18 Å². The Morgan fingerprint density at radius 3 is 2.67 bits per heavy atom. The molecule has 0 aromatic heterocycles. The van der Waals surface area contributed by atoms with E-state index in [1.54, 1.807) is 12.1 Å². The molecule has 134 valence electrons. The number of nitrogens with one attached hydrogen (secondary N) is 1. The Morgan fingerprint density at radius 2 is 2.04 bits per heavy atom. The van der Waals surface area contributed by atoms with Gasteiger partial charge in [-0.25, -0.2) is 4.39 Å². The third-order valence-corrected chi connectivity index (χ3v) is 5.35. The van der Waals surface area contributed by atoms with Gasteiger partial charge in [-0.15, -0.1) is 12.4 Å². The Bertz CT molecular complexity index is 578. The molecule has 2 fully saturated rings. The van der Waals surface area contributed by atoms with Crippen molar-refractivity contribution in [3.05, 3.63) is 28.5 Å². The first-order valence-corrected chi connectivity index (χ1v) is 8.92. The van der Waals surface area contributed by atoms with Gasteiger partial charge in [-0.2, -0.15) is 0 Å². The van der Waals surface area contributed by atoms with Gasteiger partial charge in [0, 0.05) is 29.6 Å². The number of fused-ring (bicyclic) bond motifs is 2. The quantitative estimate of drug-likeness (QED) is 0.791. The van der Waals surface area contributed by atoms with Crippen LogP contribution in [-0.4, -0.2) is 42.6 Å². The van der Waals surface area contributed by atoms with Crippen molar-refractivity contribution in [3.8, 4) is 5.75 Å². The molecule has 4 nitrogen and oxygen atoms in total. The predicted octanol–water partition coefficient (Wildman–Crippen LogP) is 3.52. The summed E-state index contributed by atoms with van der Waals surface area (Å²) in [6, 6.07) is 6.07. The van der Waals surface area contributed by atoms with Crippen LogP contribution in [0.15, 0.2) is 22.7 Å². The maximum atomic E-state index is 13.7. The minimum Gasteiger partial charge on any atom is -0.490 e. The van der Waals surface area contributed by atoms with E-state index in [0.717, 1.165) is 12.8 Å². The highest BCUT2D eigenvalue weighted by molar-refractivity contribution is 9.10. The summed E-state index contributed by atoms with van der Waals surface area (Å²) in [6.07, 6.45) is 4.76. The number of amides is 1. The van der Waals surface area contributed by atoms with Crippen molar-refractivity contribution in [3.63, 3.8) is 0 Å². The highest BCUT2D eigenvalue weighted by Gasteiger charge is 2.36. The second-order valence-electron chi connectivity index (χ2n) is 6.44. The first-order chi connectivity index (χ1) is 11.0. The first kappa shape index (κ1) is 19.5. The third-order valence-electron chi connectivity index (χ3n) is 4.86. The number of carbonyl (C=O) groups excluding carboxylic acids is 1. The monoisotopic (exact) mass is 420 g/mol.